The van der Waals surface area contributed by atoms with Crippen molar-refractivity contribution >= 4 is 58.0 Å². The van der Waals surface area contributed by atoms with E-state index in [-0.39, 0.29) is 6.61 Å². The summed E-state index contributed by atoms with van der Waals surface area (Å²) >= 11 is 13.2. The van der Waals surface area contributed by atoms with Gasteiger partial charge in [0.05, 0.1) is 22.8 Å². The second-order valence-corrected chi connectivity index (χ2v) is 7.19. The first-order valence-corrected chi connectivity index (χ1v) is 9.15. The Bertz CT molecular complexity index is 848. The summed E-state index contributed by atoms with van der Waals surface area (Å²) in [4.78, 5) is 27.3. The van der Waals surface area contributed by atoms with Gasteiger partial charge in [-0.25, -0.2) is 4.90 Å². The first-order chi connectivity index (χ1) is 12.0. The van der Waals surface area contributed by atoms with Crippen LogP contribution in [0.15, 0.2) is 53.4 Å². The van der Waals surface area contributed by atoms with Crippen LogP contribution in [0.25, 0.3) is 5.57 Å². The lowest BCUT2D eigenvalue weighted by atomic mass is 10.1. The number of hydrogen-bond acceptors (Lipinski definition) is 4. The van der Waals surface area contributed by atoms with E-state index in [2.05, 4.69) is 0 Å². The van der Waals surface area contributed by atoms with Crippen molar-refractivity contribution in [1.29, 1.82) is 0 Å². The van der Waals surface area contributed by atoms with Crippen molar-refractivity contribution in [2.75, 3.05) is 17.3 Å². The fourth-order valence-corrected chi connectivity index (χ4v) is 3.93. The molecular formula is C18H13Cl2NO3S. The summed E-state index contributed by atoms with van der Waals surface area (Å²) in [5.41, 5.74) is 1.29. The number of carbonyl (C=O) groups is 2. The molecule has 0 spiro atoms. The molecule has 1 heterocycles. The van der Waals surface area contributed by atoms with Gasteiger partial charge in [-0.1, -0.05) is 53.5 Å². The van der Waals surface area contributed by atoms with Crippen LogP contribution in [0.5, 0.6) is 0 Å². The monoisotopic (exact) mass is 393 g/mol. The average molecular weight is 394 g/mol. The maximum Gasteiger partial charge on any atom is 0.272 e. The molecule has 3 rings (SSSR count). The Morgan fingerprint density at radius 2 is 1.60 bits per heavy atom. The first-order valence-electron chi connectivity index (χ1n) is 7.41. The SMILES string of the molecule is O=C1C(SCCO)=C(c2ccccc2)C(=O)N1c1cc(Cl)cc(Cl)c1. The molecule has 1 N–H and O–H groups in total. The van der Waals surface area contributed by atoms with Gasteiger partial charge in [0.2, 0.25) is 0 Å². The predicted molar refractivity (Wildman–Crippen MR) is 102 cm³/mol. The third kappa shape index (κ3) is 3.60. The van der Waals surface area contributed by atoms with E-state index in [1.165, 1.54) is 18.2 Å². The molecule has 1 aliphatic rings. The van der Waals surface area contributed by atoms with Gasteiger partial charge in [0.15, 0.2) is 0 Å². The standard InChI is InChI=1S/C18H13Cl2NO3S/c19-12-8-13(20)10-14(9-12)21-17(23)15(11-4-2-1-3-5-11)16(18(21)24)25-7-6-22/h1-5,8-10,22H,6-7H2. The van der Waals surface area contributed by atoms with Crippen molar-refractivity contribution in [2.45, 2.75) is 0 Å². The highest BCUT2D eigenvalue weighted by Crippen LogP contribution is 2.39. The van der Waals surface area contributed by atoms with Gasteiger partial charge >= 0.3 is 0 Å². The number of rotatable bonds is 5. The Morgan fingerprint density at radius 3 is 2.20 bits per heavy atom. The number of amides is 2. The molecule has 4 nitrogen and oxygen atoms in total. The quantitative estimate of drug-likeness (QED) is 0.779. The number of thioether (sulfide) groups is 1. The summed E-state index contributed by atoms with van der Waals surface area (Å²) < 4.78 is 0. The molecule has 0 unspecified atom stereocenters. The summed E-state index contributed by atoms with van der Waals surface area (Å²) in [5.74, 6) is -0.565. The number of aliphatic hydroxyl groups is 1. The molecule has 1 aliphatic heterocycles. The lowest BCUT2D eigenvalue weighted by Crippen LogP contribution is -2.31. The van der Waals surface area contributed by atoms with Gasteiger partial charge in [-0.2, -0.15) is 0 Å². The topological polar surface area (TPSA) is 57.6 Å². The zero-order valence-corrected chi connectivity index (χ0v) is 15.2. The van der Waals surface area contributed by atoms with E-state index in [4.69, 9.17) is 28.3 Å². The molecule has 0 bridgehead atoms. The minimum Gasteiger partial charge on any atom is -0.396 e. The predicted octanol–water partition coefficient (Wildman–Crippen LogP) is 4.00. The van der Waals surface area contributed by atoms with Gasteiger partial charge in [0.25, 0.3) is 11.8 Å². The van der Waals surface area contributed by atoms with E-state index >= 15 is 0 Å². The number of hydrogen-bond donors (Lipinski definition) is 1. The molecule has 0 radical (unpaired) electrons. The van der Waals surface area contributed by atoms with Crippen LogP contribution < -0.4 is 4.90 Å². The summed E-state index contributed by atoms with van der Waals surface area (Å²) in [6.45, 7) is -0.0965. The van der Waals surface area contributed by atoms with Gasteiger partial charge in [-0.05, 0) is 23.8 Å². The van der Waals surface area contributed by atoms with E-state index in [9.17, 15) is 9.59 Å². The second-order valence-electron chi connectivity index (χ2n) is 5.22. The Kier molecular flexibility index (Phi) is 5.49. The maximum absolute atomic E-state index is 13.0. The van der Waals surface area contributed by atoms with E-state index in [1.807, 2.05) is 6.07 Å². The number of nitrogens with zero attached hydrogens (tertiary/aromatic N) is 1. The van der Waals surface area contributed by atoms with Crippen molar-refractivity contribution in [2.24, 2.45) is 0 Å². The molecule has 2 amide bonds. The molecule has 0 aromatic heterocycles. The molecule has 0 saturated carbocycles. The highest BCUT2D eigenvalue weighted by Gasteiger charge is 2.40. The van der Waals surface area contributed by atoms with Crippen LogP contribution >= 0.6 is 35.0 Å². The average Bonchev–Trinajstić information content (AvgIpc) is 2.83. The van der Waals surface area contributed by atoms with E-state index in [0.717, 1.165) is 16.7 Å². The van der Waals surface area contributed by atoms with Crippen molar-refractivity contribution in [3.05, 3.63) is 69.0 Å². The van der Waals surface area contributed by atoms with Crippen LogP contribution in [0, 0.1) is 0 Å². The van der Waals surface area contributed by atoms with E-state index in [1.54, 1.807) is 24.3 Å². The number of imide groups is 1. The Labute approximate surface area is 159 Å². The van der Waals surface area contributed by atoms with Gasteiger partial charge in [-0.15, -0.1) is 11.8 Å². The van der Waals surface area contributed by atoms with Crippen molar-refractivity contribution in [1.82, 2.24) is 0 Å². The van der Waals surface area contributed by atoms with Crippen molar-refractivity contribution < 1.29 is 14.7 Å². The normalized spacial score (nSPS) is 14.6. The summed E-state index contributed by atoms with van der Waals surface area (Å²) in [7, 11) is 0. The van der Waals surface area contributed by atoms with Gasteiger partial charge < -0.3 is 5.11 Å². The van der Waals surface area contributed by atoms with Crippen LogP contribution in [0.1, 0.15) is 5.56 Å². The maximum atomic E-state index is 13.0. The molecule has 2 aromatic carbocycles. The molecule has 0 atom stereocenters. The number of halogens is 2. The van der Waals surface area contributed by atoms with Crippen LogP contribution in [-0.4, -0.2) is 29.3 Å². The lowest BCUT2D eigenvalue weighted by Gasteiger charge is -2.16. The largest absolute Gasteiger partial charge is 0.396 e. The summed E-state index contributed by atoms with van der Waals surface area (Å²) in [5, 5.41) is 9.77. The number of benzene rings is 2. The molecular weight excluding hydrogens is 381 g/mol. The van der Waals surface area contributed by atoms with Crippen LogP contribution in [-0.2, 0) is 9.59 Å². The van der Waals surface area contributed by atoms with Gasteiger partial charge in [0, 0.05) is 15.8 Å². The highest BCUT2D eigenvalue weighted by atomic mass is 35.5. The van der Waals surface area contributed by atoms with Gasteiger partial charge in [-0.3, -0.25) is 9.59 Å². The number of carbonyl (C=O) groups excluding carboxylic acids is 2. The number of anilines is 1. The van der Waals surface area contributed by atoms with E-state index in [0.29, 0.717) is 37.5 Å². The van der Waals surface area contributed by atoms with Crippen molar-refractivity contribution in [3.8, 4) is 0 Å². The smallest absolute Gasteiger partial charge is 0.272 e. The molecule has 128 valence electrons. The van der Waals surface area contributed by atoms with Crippen LogP contribution in [0.3, 0.4) is 0 Å². The Hall–Kier alpha value is -1.79. The first kappa shape index (κ1) is 18.0. The zero-order chi connectivity index (χ0) is 18.0. The molecule has 7 heteroatoms. The fourth-order valence-electron chi connectivity index (χ4n) is 2.55. The van der Waals surface area contributed by atoms with Crippen LogP contribution in [0.2, 0.25) is 10.0 Å². The summed E-state index contributed by atoms with van der Waals surface area (Å²) in [6.07, 6.45) is 0. The minimum atomic E-state index is -0.444. The third-order valence-corrected chi connectivity index (χ3v) is 5.04. The number of aliphatic hydroxyl groups excluding tert-OH is 1. The highest BCUT2D eigenvalue weighted by molar-refractivity contribution is 8.04. The minimum absolute atomic E-state index is 0.0965. The second kappa shape index (κ2) is 7.62. The fraction of sp³-hybridized carbons (Fsp3) is 0.111. The zero-order valence-electron chi connectivity index (χ0n) is 12.9. The molecule has 25 heavy (non-hydrogen) atoms. The summed E-state index contributed by atoms with van der Waals surface area (Å²) in [6, 6.07) is 13.5. The van der Waals surface area contributed by atoms with Crippen LogP contribution in [0.4, 0.5) is 5.69 Å². The Morgan fingerprint density at radius 1 is 0.960 bits per heavy atom. The van der Waals surface area contributed by atoms with E-state index < -0.39 is 11.8 Å². The third-order valence-electron chi connectivity index (χ3n) is 3.55. The molecule has 0 fully saturated rings. The molecule has 0 saturated heterocycles. The molecule has 0 aliphatic carbocycles. The van der Waals surface area contributed by atoms with Gasteiger partial charge in [0.1, 0.15) is 0 Å². The molecule has 2 aromatic rings. The Balaban J connectivity index is 2.09. The van der Waals surface area contributed by atoms with Crippen molar-refractivity contribution in [3.63, 3.8) is 0 Å². The lowest BCUT2D eigenvalue weighted by molar-refractivity contribution is -0.119.